The maximum Gasteiger partial charge on any atom is 0.234 e. The highest BCUT2D eigenvalue weighted by Crippen LogP contribution is 2.39. The van der Waals surface area contributed by atoms with E-state index < -0.39 is 5.82 Å². The van der Waals surface area contributed by atoms with Crippen LogP contribution in [0.2, 0.25) is 5.02 Å². The zero-order valence-electron chi connectivity index (χ0n) is 13.7. The van der Waals surface area contributed by atoms with E-state index in [2.05, 4.69) is 15.3 Å². The van der Waals surface area contributed by atoms with Crippen LogP contribution in [0, 0.1) is 5.82 Å². The molecule has 0 saturated heterocycles. The molecule has 1 aliphatic carbocycles. The van der Waals surface area contributed by atoms with Crippen LogP contribution in [0.4, 0.5) is 10.1 Å². The van der Waals surface area contributed by atoms with Crippen molar-refractivity contribution in [2.45, 2.75) is 30.7 Å². The summed E-state index contributed by atoms with van der Waals surface area (Å²) in [5.41, 5.74) is 1.42. The quantitative estimate of drug-likeness (QED) is 0.483. The summed E-state index contributed by atoms with van der Waals surface area (Å²) >= 11 is 8.93. The number of nitrogens with one attached hydrogen (secondary N) is 1. The average molecular weight is 408 g/mol. The SMILES string of the molecule is O=C(CSc1ncnc2sc3c(c12)CCCC3)Nc1cc(Cl)ccc1F. The van der Waals surface area contributed by atoms with Crippen molar-refractivity contribution in [1.29, 1.82) is 0 Å². The van der Waals surface area contributed by atoms with E-state index in [1.54, 1.807) is 17.7 Å². The van der Waals surface area contributed by atoms with Crippen molar-refractivity contribution >= 4 is 56.5 Å². The van der Waals surface area contributed by atoms with E-state index >= 15 is 0 Å². The molecule has 0 aliphatic heterocycles. The Labute approximate surface area is 163 Å². The molecule has 134 valence electrons. The normalized spacial score (nSPS) is 13.6. The maximum atomic E-state index is 13.7. The number of hydrogen-bond donors (Lipinski definition) is 1. The number of aromatic nitrogens is 2. The average Bonchev–Trinajstić information content (AvgIpc) is 3.02. The Morgan fingerprint density at radius 3 is 3.04 bits per heavy atom. The van der Waals surface area contributed by atoms with Crippen LogP contribution in [-0.2, 0) is 17.6 Å². The lowest BCUT2D eigenvalue weighted by atomic mass is 9.97. The van der Waals surface area contributed by atoms with Crippen LogP contribution in [0.1, 0.15) is 23.3 Å². The molecule has 2 aromatic heterocycles. The second-order valence-corrected chi connectivity index (χ2v) is 8.51. The zero-order chi connectivity index (χ0) is 18.1. The fraction of sp³-hybridized carbons (Fsp3) is 0.278. The molecular weight excluding hydrogens is 393 g/mol. The van der Waals surface area contributed by atoms with Crippen LogP contribution in [0.25, 0.3) is 10.2 Å². The number of thiophene rings is 1. The van der Waals surface area contributed by atoms with Gasteiger partial charge in [-0.05, 0) is 49.4 Å². The molecule has 0 spiro atoms. The molecule has 2 heterocycles. The molecule has 4 nitrogen and oxygen atoms in total. The van der Waals surface area contributed by atoms with E-state index in [4.69, 9.17) is 11.6 Å². The number of amides is 1. The van der Waals surface area contributed by atoms with E-state index in [0.29, 0.717) is 5.02 Å². The molecule has 4 rings (SSSR count). The largest absolute Gasteiger partial charge is 0.323 e. The molecule has 0 atom stereocenters. The Hall–Kier alpha value is -1.70. The van der Waals surface area contributed by atoms with Gasteiger partial charge in [-0.2, -0.15) is 0 Å². The first kappa shape index (κ1) is 17.7. The highest BCUT2D eigenvalue weighted by atomic mass is 35.5. The Balaban J connectivity index is 1.52. The Bertz CT molecular complexity index is 992. The maximum absolute atomic E-state index is 13.7. The van der Waals surface area contributed by atoms with Crippen molar-refractivity contribution in [1.82, 2.24) is 9.97 Å². The fourth-order valence-corrected chi connectivity index (χ4v) is 5.38. The summed E-state index contributed by atoms with van der Waals surface area (Å²) in [7, 11) is 0. The predicted molar refractivity (Wildman–Crippen MR) is 105 cm³/mol. The van der Waals surface area contributed by atoms with Crippen molar-refractivity contribution in [2.75, 3.05) is 11.1 Å². The third kappa shape index (κ3) is 3.56. The first-order valence-corrected chi connectivity index (χ1v) is 10.4. The third-order valence-corrected chi connectivity index (χ3v) is 6.68. The van der Waals surface area contributed by atoms with Gasteiger partial charge < -0.3 is 5.32 Å². The van der Waals surface area contributed by atoms with Crippen LogP contribution < -0.4 is 5.32 Å². The number of anilines is 1. The van der Waals surface area contributed by atoms with E-state index in [-0.39, 0.29) is 17.3 Å². The number of rotatable bonds is 4. The van der Waals surface area contributed by atoms with Crippen molar-refractivity contribution in [3.63, 3.8) is 0 Å². The molecule has 3 aromatic rings. The molecule has 0 radical (unpaired) electrons. The molecule has 1 aliphatic rings. The minimum absolute atomic E-state index is 0.0869. The van der Waals surface area contributed by atoms with E-state index in [1.807, 2.05) is 0 Å². The molecule has 0 fully saturated rings. The first-order chi connectivity index (χ1) is 12.6. The standard InChI is InChI=1S/C18H15ClFN3OS2/c19-10-5-6-12(20)13(7-10)23-15(24)8-25-17-16-11-3-1-2-4-14(11)26-18(16)22-9-21-17/h5-7,9H,1-4,8H2,(H,23,24). The van der Waals surface area contributed by atoms with Crippen molar-refractivity contribution in [2.24, 2.45) is 0 Å². The van der Waals surface area contributed by atoms with Gasteiger partial charge >= 0.3 is 0 Å². The lowest BCUT2D eigenvalue weighted by Crippen LogP contribution is -2.15. The Kier molecular flexibility index (Phi) is 5.11. The van der Waals surface area contributed by atoms with Gasteiger partial charge in [-0.3, -0.25) is 4.79 Å². The van der Waals surface area contributed by atoms with Gasteiger partial charge in [-0.25, -0.2) is 14.4 Å². The molecular formula is C18H15ClFN3OS2. The molecule has 1 aromatic carbocycles. The second-order valence-electron chi connectivity index (χ2n) is 6.03. The number of halogens is 2. The molecule has 0 unspecified atom stereocenters. The number of aryl methyl sites for hydroxylation is 2. The number of thioether (sulfide) groups is 1. The summed E-state index contributed by atoms with van der Waals surface area (Å²) in [6.45, 7) is 0. The lowest BCUT2D eigenvalue weighted by molar-refractivity contribution is -0.113. The molecule has 8 heteroatoms. The molecule has 1 N–H and O–H groups in total. The van der Waals surface area contributed by atoms with Crippen LogP contribution >= 0.6 is 34.7 Å². The van der Waals surface area contributed by atoms with Crippen LogP contribution in [-0.4, -0.2) is 21.6 Å². The number of carbonyl (C=O) groups is 1. The smallest absolute Gasteiger partial charge is 0.234 e. The highest BCUT2D eigenvalue weighted by Gasteiger charge is 2.20. The minimum Gasteiger partial charge on any atom is -0.323 e. The fourth-order valence-electron chi connectivity index (χ4n) is 3.08. The summed E-state index contributed by atoms with van der Waals surface area (Å²) in [4.78, 5) is 23.4. The van der Waals surface area contributed by atoms with Crippen LogP contribution in [0.5, 0.6) is 0 Å². The monoisotopic (exact) mass is 407 g/mol. The molecule has 26 heavy (non-hydrogen) atoms. The van der Waals surface area contributed by atoms with Gasteiger partial charge in [0.2, 0.25) is 5.91 Å². The summed E-state index contributed by atoms with van der Waals surface area (Å²) in [6.07, 6.45) is 6.06. The summed E-state index contributed by atoms with van der Waals surface area (Å²) < 4.78 is 13.7. The van der Waals surface area contributed by atoms with Gasteiger partial charge in [-0.15, -0.1) is 11.3 Å². The summed E-state index contributed by atoms with van der Waals surface area (Å²) in [6, 6.07) is 4.08. The summed E-state index contributed by atoms with van der Waals surface area (Å²) in [5, 5.41) is 4.84. The van der Waals surface area contributed by atoms with E-state index in [9.17, 15) is 9.18 Å². The number of hydrogen-bond acceptors (Lipinski definition) is 5. The zero-order valence-corrected chi connectivity index (χ0v) is 16.1. The lowest BCUT2D eigenvalue weighted by Gasteiger charge is -2.11. The van der Waals surface area contributed by atoms with E-state index in [1.165, 1.54) is 53.2 Å². The summed E-state index contributed by atoms with van der Waals surface area (Å²) in [5.74, 6) is -0.668. The highest BCUT2D eigenvalue weighted by molar-refractivity contribution is 8.00. The Morgan fingerprint density at radius 1 is 1.31 bits per heavy atom. The van der Waals surface area contributed by atoms with Gasteiger partial charge in [-0.1, -0.05) is 23.4 Å². The van der Waals surface area contributed by atoms with E-state index in [0.717, 1.165) is 28.1 Å². The van der Waals surface area contributed by atoms with Crippen molar-refractivity contribution < 1.29 is 9.18 Å². The number of fused-ring (bicyclic) bond motifs is 3. The second kappa shape index (κ2) is 7.50. The number of nitrogens with zero attached hydrogens (tertiary/aromatic N) is 2. The topological polar surface area (TPSA) is 54.9 Å². The number of carbonyl (C=O) groups excluding carboxylic acids is 1. The van der Waals surface area contributed by atoms with Gasteiger partial charge in [0.05, 0.1) is 11.4 Å². The predicted octanol–water partition coefficient (Wildman–Crippen LogP) is 5.09. The van der Waals surface area contributed by atoms with Gasteiger partial charge in [0.25, 0.3) is 0 Å². The molecule has 1 amide bonds. The van der Waals surface area contributed by atoms with Crippen molar-refractivity contribution in [3.8, 4) is 0 Å². The minimum atomic E-state index is -0.510. The third-order valence-electron chi connectivity index (χ3n) is 4.26. The van der Waals surface area contributed by atoms with Crippen molar-refractivity contribution in [3.05, 3.63) is 45.8 Å². The van der Waals surface area contributed by atoms with Gasteiger partial charge in [0.15, 0.2) is 0 Å². The number of benzene rings is 1. The molecule has 0 bridgehead atoms. The Morgan fingerprint density at radius 2 is 2.15 bits per heavy atom. The van der Waals surface area contributed by atoms with Crippen LogP contribution in [0.3, 0.4) is 0 Å². The van der Waals surface area contributed by atoms with Gasteiger partial charge in [0, 0.05) is 15.3 Å². The molecule has 0 saturated carbocycles. The van der Waals surface area contributed by atoms with Crippen LogP contribution in [0.15, 0.2) is 29.6 Å². The van der Waals surface area contributed by atoms with Gasteiger partial charge in [0.1, 0.15) is 22.0 Å². The first-order valence-electron chi connectivity index (χ1n) is 8.25.